The first-order valence-corrected chi connectivity index (χ1v) is 11.1. The van der Waals surface area contributed by atoms with E-state index in [2.05, 4.69) is 21.3 Å². The van der Waals surface area contributed by atoms with Gasteiger partial charge in [0.2, 0.25) is 11.8 Å². The number of alkyl carbamates (subject to hydrolysis) is 2. The molecule has 0 unspecified atom stereocenters. The first-order valence-electron chi connectivity index (χ1n) is 11.1. The fraction of sp³-hybridized carbons (Fsp3) is 0.565. The van der Waals surface area contributed by atoms with E-state index >= 15 is 0 Å². The Morgan fingerprint density at radius 2 is 1.47 bits per heavy atom. The van der Waals surface area contributed by atoms with Crippen molar-refractivity contribution in [2.75, 3.05) is 18.4 Å². The first-order chi connectivity index (χ1) is 15.8. The van der Waals surface area contributed by atoms with E-state index in [4.69, 9.17) is 15.2 Å². The van der Waals surface area contributed by atoms with Gasteiger partial charge in [-0.25, -0.2) is 9.59 Å². The fourth-order valence-corrected chi connectivity index (χ4v) is 2.46. The van der Waals surface area contributed by atoms with Gasteiger partial charge in [-0.3, -0.25) is 9.59 Å². The number of benzene rings is 1. The Balaban J connectivity index is 2.35. The number of amides is 4. The Hall–Kier alpha value is -3.34. The molecule has 0 aromatic heterocycles. The summed E-state index contributed by atoms with van der Waals surface area (Å²) >= 11 is 0. The summed E-state index contributed by atoms with van der Waals surface area (Å²) in [6.45, 7) is 10.9. The summed E-state index contributed by atoms with van der Waals surface area (Å²) in [7, 11) is 0. The molecule has 0 fully saturated rings. The van der Waals surface area contributed by atoms with E-state index < -0.39 is 29.9 Å². The van der Waals surface area contributed by atoms with Crippen LogP contribution in [0.4, 0.5) is 15.3 Å². The molecular weight excluding hydrogens is 442 g/mol. The van der Waals surface area contributed by atoms with Crippen LogP contribution in [0.2, 0.25) is 0 Å². The van der Waals surface area contributed by atoms with Crippen LogP contribution in [-0.4, -0.2) is 54.8 Å². The third-order valence-electron chi connectivity index (χ3n) is 4.43. The SMILES string of the molecule is CC(C)[C@H](N)C(=O)N[C@@H](C)C(=O)Nc1ccc(COC(=O)NCCNC(=O)OC(C)(C)C)cc1. The molecule has 0 saturated carbocycles. The second-order valence-electron chi connectivity index (χ2n) is 9.12. The van der Waals surface area contributed by atoms with Gasteiger partial charge in [0.25, 0.3) is 0 Å². The lowest BCUT2D eigenvalue weighted by atomic mass is 10.0. The van der Waals surface area contributed by atoms with E-state index in [0.717, 1.165) is 0 Å². The van der Waals surface area contributed by atoms with Crippen molar-refractivity contribution in [1.29, 1.82) is 0 Å². The molecule has 0 aliphatic heterocycles. The highest BCUT2D eigenvalue weighted by molar-refractivity contribution is 5.97. The normalized spacial score (nSPS) is 12.8. The molecule has 11 nitrogen and oxygen atoms in total. The van der Waals surface area contributed by atoms with Crippen molar-refractivity contribution in [3.63, 3.8) is 0 Å². The molecule has 1 aromatic carbocycles. The number of carbonyl (C=O) groups excluding carboxylic acids is 4. The summed E-state index contributed by atoms with van der Waals surface area (Å²) in [4.78, 5) is 47.6. The summed E-state index contributed by atoms with van der Waals surface area (Å²) < 4.78 is 10.2. The Morgan fingerprint density at radius 3 is 2.00 bits per heavy atom. The fourth-order valence-electron chi connectivity index (χ4n) is 2.46. The molecule has 0 aliphatic carbocycles. The minimum atomic E-state index is -0.756. The number of rotatable bonds is 10. The summed E-state index contributed by atoms with van der Waals surface area (Å²) in [6.07, 6.45) is -1.20. The van der Waals surface area contributed by atoms with Crippen LogP contribution in [0.25, 0.3) is 0 Å². The van der Waals surface area contributed by atoms with Crippen molar-refractivity contribution in [2.45, 2.75) is 65.8 Å². The van der Waals surface area contributed by atoms with Gasteiger partial charge >= 0.3 is 12.2 Å². The van der Waals surface area contributed by atoms with Crippen LogP contribution in [0, 0.1) is 5.92 Å². The molecule has 190 valence electrons. The zero-order chi connectivity index (χ0) is 25.9. The predicted octanol–water partition coefficient (Wildman–Crippen LogP) is 1.86. The second kappa shape index (κ2) is 13.4. The maximum atomic E-state index is 12.3. The Kier molecular flexibility index (Phi) is 11.3. The van der Waals surface area contributed by atoms with Gasteiger partial charge in [-0.15, -0.1) is 0 Å². The molecule has 1 rings (SSSR count). The van der Waals surface area contributed by atoms with E-state index in [1.54, 1.807) is 52.0 Å². The Morgan fingerprint density at radius 1 is 0.912 bits per heavy atom. The van der Waals surface area contributed by atoms with E-state index in [1.807, 2.05) is 13.8 Å². The van der Waals surface area contributed by atoms with Crippen molar-refractivity contribution in [2.24, 2.45) is 11.7 Å². The molecule has 11 heteroatoms. The van der Waals surface area contributed by atoms with Crippen LogP contribution >= 0.6 is 0 Å². The summed E-state index contributed by atoms with van der Waals surface area (Å²) in [5.41, 5.74) is 6.44. The predicted molar refractivity (Wildman–Crippen MR) is 128 cm³/mol. The quantitative estimate of drug-likeness (QED) is 0.320. The highest BCUT2D eigenvalue weighted by Crippen LogP contribution is 2.11. The molecule has 0 spiro atoms. The average molecular weight is 480 g/mol. The van der Waals surface area contributed by atoms with Crippen LogP contribution in [0.5, 0.6) is 0 Å². The lowest BCUT2D eigenvalue weighted by Gasteiger charge is -2.19. The summed E-state index contributed by atoms with van der Waals surface area (Å²) in [5.74, 6) is -0.808. The van der Waals surface area contributed by atoms with E-state index in [-0.39, 0.29) is 37.4 Å². The number of anilines is 1. The van der Waals surface area contributed by atoms with Gasteiger partial charge in [-0.1, -0.05) is 26.0 Å². The first kappa shape index (κ1) is 28.7. The second-order valence-corrected chi connectivity index (χ2v) is 9.12. The molecule has 0 heterocycles. The minimum absolute atomic E-state index is 0.0269. The standard InChI is InChI=1S/C23H37N5O6/c1-14(2)18(24)20(30)27-15(3)19(29)28-17-9-7-16(8-10-17)13-33-21(31)25-11-12-26-22(32)34-23(4,5)6/h7-10,14-15,18H,11-13,24H2,1-6H3,(H,25,31)(H,26,32)(H,27,30)(H,28,29)/t15-,18-/m0/s1. The van der Waals surface area contributed by atoms with Gasteiger partial charge in [0, 0.05) is 18.8 Å². The number of nitrogens with one attached hydrogen (secondary N) is 4. The molecule has 0 saturated heterocycles. The van der Waals surface area contributed by atoms with Crippen LogP contribution < -0.4 is 27.0 Å². The topological polar surface area (TPSA) is 161 Å². The molecule has 0 aliphatic rings. The van der Waals surface area contributed by atoms with E-state index in [1.165, 1.54) is 0 Å². The van der Waals surface area contributed by atoms with Gasteiger partial charge in [-0.2, -0.15) is 0 Å². The van der Waals surface area contributed by atoms with E-state index in [9.17, 15) is 19.2 Å². The molecule has 34 heavy (non-hydrogen) atoms. The van der Waals surface area contributed by atoms with Crippen molar-refractivity contribution in [1.82, 2.24) is 16.0 Å². The maximum Gasteiger partial charge on any atom is 0.407 e. The van der Waals surface area contributed by atoms with Gasteiger partial charge < -0.3 is 36.5 Å². The van der Waals surface area contributed by atoms with Gasteiger partial charge in [0.1, 0.15) is 18.2 Å². The minimum Gasteiger partial charge on any atom is -0.445 e. The van der Waals surface area contributed by atoms with Crippen molar-refractivity contribution in [3.05, 3.63) is 29.8 Å². The number of hydrogen-bond donors (Lipinski definition) is 5. The largest absolute Gasteiger partial charge is 0.445 e. The highest BCUT2D eigenvalue weighted by Gasteiger charge is 2.22. The molecule has 6 N–H and O–H groups in total. The summed E-state index contributed by atoms with van der Waals surface area (Å²) in [5, 5.41) is 10.3. The van der Waals surface area contributed by atoms with Crippen molar-refractivity contribution in [3.8, 4) is 0 Å². The molecular formula is C23H37N5O6. The Bertz CT molecular complexity index is 835. The summed E-state index contributed by atoms with van der Waals surface area (Å²) in [6, 6.07) is 5.28. The zero-order valence-electron chi connectivity index (χ0n) is 20.7. The van der Waals surface area contributed by atoms with Gasteiger partial charge in [-0.05, 0) is 51.3 Å². The molecule has 1 aromatic rings. The lowest BCUT2D eigenvalue weighted by molar-refractivity contribution is -0.127. The number of hydrogen-bond acceptors (Lipinski definition) is 7. The molecule has 0 radical (unpaired) electrons. The number of nitrogens with two attached hydrogens (primary N) is 1. The van der Waals surface area contributed by atoms with E-state index in [0.29, 0.717) is 11.3 Å². The van der Waals surface area contributed by atoms with Crippen LogP contribution in [0.1, 0.15) is 47.1 Å². The van der Waals surface area contributed by atoms with Crippen molar-refractivity contribution >= 4 is 29.7 Å². The third-order valence-corrected chi connectivity index (χ3v) is 4.43. The van der Waals surface area contributed by atoms with Gasteiger partial charge in [0.05, 0.1) is 6.04 Å². The monoisotopic (exact) mass is 479 g/mol. The maximum absolute atomic E-state index is 12.3. The Labute approximate surface area is 200 Å². The highest BCUT2D eigenvalue weighted by atomic mass is 16.6. The van der Waals surface area contributed by atoms with Crippen molar-refractivity contribution < 1.29 is 28.7 Å². The lowest BCUT2D eigenvalue weighted by Crippen LogP contribution is -2.50. The van der Waals surface area contributed by atoms with Crippen LogP contribution in [0.3, 0.4) is 0 Å². The zero-order valence-corrected chi connectivity index (χ0v) is 20.7. The average Bonchev–Trinajstić information content (AvgIpc) is 2.74. The van der Waals surface area contributed by atoms with Gasteiger partial charge in [0.15, 0.2) is 0 Å². The molecule has 2 atom stereocenters. The number of ether oxygens (including phenoxy) is 2. The molecule has 0 bridgehead atoms. The van der Waals surface area contributed by atoms with Crippen LogP contribution in [-0.2, 0) is 25.7 Å². The smallest absolute Gasteiger partial charge is 0.407 e. The third kappa shape index (κ3) is 11.5. The number of carbonyl (C=O) groups is 4. The molecule has 4 amide bonds. The van der Waals surface area contributed by atoms with Crippen LogP contribution in [0.15, 0.2) is 24.3 Å².